The number of rotatable bonds is 3. The Bertz CT molecular complexity index is 258. The zero-order chi connectivity index (χ0) is 8.97. The van der Waals surface area contributed by atoms with Gasteiger partial charge in [0.05, 0.1) is 0 Å². The lowest BCUT2D eigenvalue weighted by Gasteiger charge is -2.02. The Morgan fingerprint density at radius 1 is 1.42 bits per heavy atom. The van der Waals surface area contributed by atoms with Crippen LogP contribution in [-0.4, -0.2) is 5.75 Å². The van der Waals surface area contributed by atoms with Gasteiger partial charge in [-0.25, -0.2) is 4.39 Å². The van der Waals surface area contributed by atoms with E-state index < -0.39 is 0 Å². The number of halogens is 1. The third-order valence-corrected chi connectivity index (χ3v) is 2.12. The van der Waals surface area contributed by atoms with E-state index in [1.807, 2.05) is 13.0 Å². The van der Waals surface area contributed by atoms with Crippen molar-refractivity contribution in [2.75, 3.05) is 5.75 Å². The zero-order valence-corrected chi connectivity index (χ0v) is 8.07. The molecule has 0 N–H and O–H groups in total. The molecule has 0 aliphatic rings. The van der Waals surface area contributed by atoms with E-state index in [0.29, 0.717) is 0 Å². The summed E-state index contributed by atoms with van der Waals surface area (Å²) in [6.45, 7) is 1.98. The number of aryl methyl sites for hydroxylation is 2. The third-order valence-electron chi connectivity index (χ3n) is 1.81. The first kappa shape index (κ1) is 9.59. The molecule has 0 spiro atoms. The van der Waals surface area contributed by atoms with Crippen molar-refractivity contribution in [2.45, 2.75) is 19.8 Å². The Labute approximate surface area is 78.2 Å². The average Bonchev–Trinajstić information content (AvgIpc) is 2.07. The lowest BCUT2D eigenvalue weighted by atomic mass is 10.1. The van der Waals surface area contributed by atoms with Crippen molar-refractivity contribution in [1.82, 2.24) is 0 Å². The second-order valence-corrected chi connectivity index (χ2v) is 3.37. The molecule has 0 heterocycles. The van der Waals surface area contributed by atoms with Crippen LogP contribution < -0.4 is 0 Å². The van der Waals surface area contributed by atoms with E-state index in [0.717, 1.165) is 29.7 Å². The van der Waals surface area contributed by atoms with Crippen LogP contribution in [0.3, 0.4) is 0 Å². The van der Waals surface area contributed by atoms with Gasteiger partial charge in [0, 0.05) is 0 Å². The van der Waals surface area contributed by atoms with Gasteiger partial charge in [-0.3, -0.25) is 0 Å². The van der Waals surface area contributed by atoms with Gasteiger partial charge in [-0.2, -0.15) is 12.6 Å². The van der Waals surface area contributed by atoms with Gasteiger partial charge in [-0.15, -0.1) is 0 Å². The summed E-state index contributed by atoms with van der Waals surface area (Å²) in [4.78, 5) is 0. The van der Waals surface area contributed by atoms with Crippen molar-refractivity contribution in [2.24, 2.45) is 0 Å². The minimum Gasteiger partial charge on any atom is -0.207 e. The molecule has 0 unspecified atom stereocenters. The number of benzene rings is 1. The Morgan fingerprint density at radius 2 is 2.17 bits per heavy atom. The Morgan fingerprint density at radius 3 is 2.83 bits per heavy atom. The smallest absolute Gasteiger partial charge is 0.126 e. The summed E-state index contributed by atoms with van der Waals surface area (Å²) in [5.41, 5.74) is 1.93. The molecule has 0 atom stereocenters. The lowest BCUT2D eigenvalue weighted by molar-refractivity contribution is 0.607. The predicted octanol–water partition coefficient (Wildman–Crippen LogP) is 3.00. The standard InChI is InChI=1S/C10H13FS/c1-8-4-5-10(11)9(7-8)3-2-6-12/h4-5,7,12H,2-3,6H2,1H3. The molecular formula is C10H13FS. The van der Waals surface area contributed by atoms with Gasteiger partial charge in [-0.05, 0) is 37.1 Å². The van der Waals surface area contributed by atoms with Crippen molar-refractivity contribution in [3.63, 3.8) is 0 Å². The number of thiol groups is 1. The molecule has 0 amide bonds. The van der Waals surface area contributed by atoms with E-state index in [1.54, 1.807) is 6.07 Å². The highest BCUT2D eigenvalue weighted by atomic mass is 32.1. The molecule has 1 rings (SSSR count). The van der Waals surface area contributed by atoms with Crippen molar-refractivity contribution in [3.05, 3.63) is 35.1 Å². The van der Waals surface area contributed by atoms with E-state index in [4.69, 9.17) is 0 Å². The molecular weight excluding hydrogens is 171 g/mol. The van der Waals surface area contributed by atoms with Crippen LogP contribution >= 0.6 is 12.6 Å². The maximum Gasteiger partial charge on any atom is 0.126 e. The monoisotopic (exact) mass is 184 g/mol. The summed E-state index contributed by atoms with van der Waals surface area (Å²) in [5.74, 6) is 0.718. The fraction of sp³-hybridized carbons (Fsp3) is 0.400. The van der Waals surface area contributed by atoms with Crippen molar-refractivity contribution in [3.8, 4) is 0 Å². The van der Waals surface area contributed by atoms with Gasteiger partial charge >= 0.3 is 0 Å². The molecule has 0 nitrogen and oxygen atoms in total. The Hall–Kier alpha value is -0.500. The molecule has 0 aliphatic heterocycles. The average molecular weight is 184 g/mol. The molecule has 2 heteroatoms. The summed E-state index contributed by atoms with van der Waals surface area (Å²) < 4.78 is 13.1. The van der Waals surface area contributed by atoms with E-state index in [2.05, 4.69) is 12.6 Å². The molecule has 0 fully saturated rings. The minimum atomic E-state index is -0.0950. The zero-order valence-electron chi connectivity index (χ0n) is 7.18. The Kier molecular flexibility index (Phi) is 3.60. The van der Waals surface area contributed by atoms with Crippen LogP contribution in [0.1, 0.15) is 17.5 Å². The molecule has 1 aromatic carbocycles. The second-order valence-electron chi connectivity index (χ2n) is 2.92. The van der Waals surface area contributed by atoms with Crippen LogP contribution in [0.2, 0.25) is 0 Å². The maximum absolute atomic E-state index is 13.1. The predicted molar refractivity (Wildman–Crippen MR) is 53.3 cm³/mol. The van der Waals surface area contributed by atoms with Gasteiger partial charge in [0.1, 0.15) is 5.82 Å². The fourth-order valence-electron chi connectivity index (χ4n) is 1.16. The van der Waals surface area contributed by atoms with E-state index in [-0.39, 0.29) is 5.82 Å². The van der Waals surface area contributed by atoms with E-state index >= 15 is 0 Å². The lowest BCUT2D eigenvalue weighted by Crippen LogP contribution is -1.92. The van der Waals surface area contributed by atoms with E-state index in [9.17, 15) is 4.39 Å². The Balaban J connectivity index is 2.75. The molecule has 0 aromatic heterocycles. The molecule has 0 bridgehead atoms. The molecule has 0 saturated carbocycles. The van der Waals surface area contributed by atoms with Gasteiger partial charge in [0.15, 0.2) is 0 Å². The summed E-state index contributed by atoms with van der Waals surface area (Å²) in [6, 6.07) is 5.22. The van der Waals surface area contributed by atoms with Crippen molar-refractivity contribution >= 4 is 12.6 Å². The fourth-order valence-corrected chi connectivity index (χ4v) is 1.32. The SMILES string of the molecule is Cc1ccc(F)c(CCCS)c1. The third kappa shape index (κ3) is 2.52. The van der Waals surface area contributed by atoms with Crippen LogP contribution in [-0.2, 0) is 6.42 Å². The van der Waals surface area contributed by atoms with Crippen LogP contribution in [0.15, 0.2) is 18.2 Å². The maximum atomic E-state index is 13.1. The van der Waals surface area contributed by atoms with E-state index in [1.165, 1.54) is 6.07 Å². The van der Waals surface area contributed by atoms with Gasteiger partial charge in [0.2, 0.25) is 0 Å². The van der Waals surface area contributed by atoms with Gasteiger partial charge in [-0.1, -0.05) is 17.7 Å². The first-order valence-electron chi connectivity index (χ1n) is 4.10. The van der Waals surface area contributed by atoms with Crippen molar-refractivity contribution in [1.29, 1.82) is 0 Å². The molecule has 66 valence electrons. The first-order chi connectivity index (χ1) is 5.74. The topological polar surface area (TPSA) is 0 Å². The van der Waals surface area contributed by atoms with Crippen LogP contribution in [0.25, 0.3) is 0 Å². The largest absolute Gasteiger partial charge is 0.207 e. The number of hydrogen-bond donors (Lipinski definition) is 1. The second kappa shape index (κ2) is 4.51. The highest BCUT2D eigenvalue weighted by Crippen LogP contribution is 2.12. The quantitative estimate of drug-likeness (QED) is 0.686. The van der Waals surface area contributed by atoms with Gasteiger partial charge in [0.25, 0.3) is 0 Å². The molecule has 1 aromatic rings. The molecule has 0 radical (unpaired) electrons. The van der Waals surface area contributed by atoms with Crippen LogP contribution in [0.5, 0.6) is 0 Å². The first-order valence-corrected chi connectivity index (χ1v) is 4.73. The molecule has 0 aliphatic carbocycles. The molecule has 12 heavy (non-hydrogen) atoms. The summed E-state index contributed by atoms with van der Waals surface area (Å²) in [7, 11) is 0. The number of hydrogen-bond acceptors (Lipinski definition) is 1. The van der Waals surface area contributed by atoms with Crippen LogP contribution in [0.4, 0.5) is 4.39 Å². The van der Waals surface area contributed by atoms with Crippen LogP contribution in [0, 0.1) is 12.7 Å². The summed E-state index contributed by atoms with van der Waals surface area (Å²) >= 11 is 4.09. The normalized spacial score (nSPS) is 10.2. The van der Waals surface area contributed by atoms with Crippen molar-refractivity contribution < 1.29 is 4.39 Å². The summed E-state index contributed by atoms with van der Waals surface area (Å²) in [5, 5.41) is 0. The summed E-state index contributed by atoms with van der Waals surface area (Å²) in [6.07, 6.45) is 1.72. The highest BCUT2D eigenvalue weighted by molar-refractivity contribution is 7.80. The molecule has 0 saturated heterocycles. The van der Waals surface area contributed by atoms with Gasteiger partial charge < -0.3 is 0 Å². The minimum absolute atomic E-state index is 0.0950. The highest BCUT2D eigenvalue weighted by Gasteiger charge is 2.00.